The third-order valence-corrected chi connectivity index (χ3v) is 2.69. The minimum atomic E-state index is 0.173. The van der Waals surface area contributed by atoms with Crippen molar-refractivity contribution in [2.45, 2.75) is 25.8 Å². The molecule has 0 saturated heterocycles. The summed E-state index contributed by atoms with van der Waals surface area (Å²) in [6.45, 7) is 1.97. The fraction of sp³-hybridized carbons (Fsp3) is 0.400. The molecule has 3 heteroatoms. The summed E-state index contributed by atoms with van der Waals surface area (Å²) in [5, 5.41) is 9.53. The molecule has 0 fully saturated rings. The number of hydrogen-bond donors (Lipinski definition) is 2. The molecule has 0 amide bonds. The third-order valence-electron chi connectivity index (χ3n) is 1.94. The molecule has 0 spiro atoms. The van der Waals surface area contributed by atoms with E-state index in [9.17, 15) is 5.11 Å². The molecule has 0 aromatic heterocycles. The Morgan fingerprint density at radius 2 is 2.23 bits per heavy atom. The third kappa shape index (κ3) is 3.01. The molecule has 0 heterocycles. The van der Waals surface area contributed by atoms with E-state index in [-0.39, 0.29) is 6.04 Å². The summed E-state index contributed by atoms with van der Waals surface area (Å²) in [5.41, 5.74) is 6.59. The summed E-state index contributed by atoms with van der Waals surface area (Å²) >= 11 is 3.40. The maximum absolute atomic E-state index is 9.53. The van der Waals surface area contributed by atoms with Crippen LogP contribution >= 0.6 is 15.9 Å². The Morgan fingerprint density at radius 3 is 2.77 bits per heavy atom. The highest BCUT2D eigenvalue weighted by atomic mass is 79.9. The van der Waals surface area contributed by atoms with E-state index in [0.717, 1.165) is 22.9 Å². The predicted octanol–water partition coefficient (Wildman–Crippen LogP) is 2.43. The topological polar surface area (TPSA) is 46.2 Å². The molecule has 13 heavy (non-hydrogen) atoms. The molecule has 72 valence electrons. The van der Waals surface area contributed by atoms with Crippen molar-refractivity contribution in [2.75, 3.05) is 0 Å². The van der Waals surface area contributed by atoms with Gasteiger partial charge in [0.2, 0.25) is 0 Å². The maximum atomic E-state index is 9.53. The summed E-state index contributed by atoms with van der Waals surface area (Å²) < 4.78 is 0.952. The minimum Gasteiger partial charge on any atom is -0.508 e. The van der Waals surface area contributed by atoms with Crippen molar-refractivity contribution < 1.29 is 5.11 Å². The maximum Gasteiger partial charge on any atom is 0.119 e. The zero-order valence-electron chi connectivity index (χ0n) is 7.63. The second-order valence-electron chi connectivity index (χ2n) is 3.25. The van der Waals surface area contributed by atoms with Gasteiger partial charge in [-0.1, -0.05) is 22.0 Å². The van der Waals surface area contributed by atoms with Crippen LogP contribution in [0.15, 0.2) is 22.7 Å². The van der Waals surface area contributed by atoms with Gasteiger partial charge >= 0.3 is 0 Å². The van der Waals surface area contributed by atoms with Gasteiger partial charge in [0.15, 0.2) is 0 Å². The Kier molecular flexibility index (Phi) is 3.75. The van der Waals surface area contributed by atoms with Gasteiger partial charge in [0.1, 0.15) is 5.75 Å². The van der Waals surface area contributed by atoms with Gasteiger partial charge in [0, 0.05) is 16.1 Å². The Balaban J connectivity index is 2.75. The molecule has 0 bridgehead atoms. The van der Waals surface area contributed by atoms with E-state index in [0.29, 0.717) is 5.75 Å². The zero-order valence-corrected chi connectivity index (χ0v) is 9.21. The molecule has 0 aliphatic heterocycles. The summed E-state index contributed by atoms with van der Waals surface area (Å²) in [4.78, 5) is 0. The SMILES string of the molecule is C[C@@H](N)CCc1c(O)cccc1Br. The van der Waals surface area contributed by atoms with Crippen LogP contribution in [0.3, 0.4) is 0 Å². The van der Waals surface area contributed by atoms with Crippen molar-refractivity contribution in [3.63, 3.8) is 0 Å². The van der Waals surface area contributed by atoms with Crippen LogP contribution in [0.1, 0.15) is 18.9 Å². The quantitative estimate of drug-likeness (QED) is 0.857. The van der Waals surface area contributed by atoms with Gasteiger partial charge in [-0.3, -0.25) is 0 Å². The molecule has 0 aliphatic rings. The number of nitrogens with two attached hydrogens (primary N) is 1. The van der Waals surface area contributed by atoms with Crippen molar-refractivity contribution >= 4 is 15.9 Å². The lowest BCUT2D eigenvalue weighted by molar-refractivity contribution is 0.465. The fourth-order valence-corrected chi connectivity index (χ4v) is 1.72. The number of hydrogen-bond acceptors (Lipinski definition) is 2. The minimum absolute atomic E-state index is 0.173. The van der Waals surface area contributed by atoms with Gasteiger partial charge in [-0.25, -0.2) is 0 Å². The van der Waals surface area contributed by atoms with E-state index in [1.165, 1.54) is 0 Å². The second kappa shape index (κ2) is 4.63. The smallest absolute Gasteiger partial charge is 0.119 e. The summed E-state index contributed by atoms with van der Waals surface area (Å²) in [5.74, 6) is 0.343. The van der Waals surface area contributed by atoms with Crippen LogP contribution in [-0.2, 0) is 6.42 Å². The number of rotatable bonds is 3. The van der Waals surface area contributed by atoms with Gasteiger partial charge in [-0.05, 0) is 31.9 Å². The monoisotopic (exact) mass is 243 g/mol. The highest BCUT2D eigenvalue weighted by Gasteiger charge is 2.05. The van der Waals surface area contributed by atoms with Gasteiger partial charge in [0.25, 0.3) is 0 Å². The Bertz CT molecular complexity index is 266. The first-order valence-electron chi connectivity index (χ1n) is 4.33. The van der Waals surface area contributed by atoms with Crippen LogP contribution in [0.25, 0.3) is 0 Å². The van der Waals surface area contributed by atoms with Crippen molar-refractivity contribution in [2.24, 2.45) is 5.73 Å². The first kappa shape index (κ1) is 10.5. The van der Waals surface area contributed by atoms with E-state index in [1.54, 1.807) is 6.07 Å². The average Bonchev–Trinajstić information content (AvgIpc) is 2.03. The lowest BCUT2D eigenvalue weighted by Crippen LogP contribution is -2.15. The molecule has 1 rings (SSSR count). The number of phenolic OH excluding ortho intramolecular Hbond substituents is 1. The predicted molar refractivity (Wildman–Crippen MR) is 57.8 cm³/mol. The molecular formula is C10H14BrNO. The Labute approximate surface area is 86.9 Å². The Hall–Kier alpha value is -0.540. The van der Waals surface area contributed by atoms with E-state index in [4.69, 9.17) is 5.73 Å². The first-order valence-corrected chi connectivity index (χ1v) is 5.12. The Morgan fingerprint density at radius 1 is 1.54 bits per heavy atom. The lowest BCUT2D eigenvalue weighted by atomic mass is 10.1. The van der Waals surface area contributed by atoms with Crippen molar-refractivity contribution in [1.29, 1.82) is 0 Å². The van der Waals surface area contributed by atoms with Gasteiger partial charge in [-0.2, -0.15) is 0 Å². The molecule has 0 unspecified atom stereocenters. The summed E-state index contributed by atoms with van der Waals surface area (Å²) in [7, 11) is 0. The summed E-state index contributed by atoms with van der Waals surface area (Å²) in [6, 6.07) is 5.61. The first-order chi connectivity index (χ1) is 6.11. The zero-order chi connectivity index (χ0) is 9.84. The van der Waals surface area contributed by atoms with Crippen molar-refractivity contribution in [3.05, 3.63) is 28.2 Å². The average molecular weight is 244 g/mol. The molecule has 1 aromatic rings. The fourth-order valence-electron chi connectivity index (χ4n) is 1.17. The van der Waals surface area contributed by atoms with Crippen molar-refractivity contribution in [3.8, 4) is 5.75 Å². The van der Waals surface area contributed by atoms with Crippen LogP contribution < -0.4 is 5.73 Å². The summed E-state index contributed by atoms with van der Waals surface area (Å²) in [6.07, 6.45) is 1.70. The van der Waals surface area contributed by atoms with Gasteiger partial charge in [0.05, 0.1) is 0 Å². The van der Waals surface area contributed by atoms with E-state index in [2.05, 4.69) is 15.9 Å². The number of benzene rings is 1. The largest absolute Gasteiger partial charge is 0.508 e. The highest BCUT2D eigenvalue weighted by Crippen LogP contribution is 2.26. The molecule has 1 aromatic carbocycles. The molecular weight excluding hydrogens is 230 g/mol. The van der Waals surface area contributed by atoms with E-state index < -0.39 is 0 Å². The molecule has 1 atom stereocenters. The van der Waals surface area contributed by atoms with Crippen LogP contribution in [0.2, 0.25) is 0 Å². The van der Waals surface area contributed by atoms with Crippen LogP contribution in [0.5, 0.6) is 5.75 Å². The van der Waals surface area contributed by atoms with Crippen LogP contribution in [0, 0.1) is 0 Å². The molecule has 0 saturated carbocycles. The molecule has 2 nitrogen and oxygen atoms in total. The van der Waals surface area contributed by atoms with Gasteiger partial charge in [-0.15, -0.1) is 0 Å². The number of phenols is 1. The molecule has 0 radical (unpaired) electrons. The molecule has 0 aliphatic carbocycles. The number of aromatic hydroxyl groups is 1. The van der Waals surface area contributed by atoms with Crippen LogP contribution in [0.4, 0.5) is 0 Å². The lowest BCUT2D eigenvalue weighted by Gasteiger charge is -2.08. The van der Waals surface area contributed by atoms with E-state index in [1.807, 2.05) is 19.1 Å². The van der Waals surface area contributed by atoms with Gasteiger partial charge < -0.3 is 10.8 Å². The number of halogens is 1. The molecule has 3 N–H and O–H groups in total. The van der Waals surface area contributed by atoms with Crippen LogP contribution in [-0.4, -0.2) is 11.1 Å². The highest BCUT2D eigenvalue weighted by molar-refractivity contribution is 9.10. The second-order valence-corrected chi connectivity index (χ2v) is 4.11. The van der Waals surface area contributed by atoms with E-state index >= 15 is 0 Å². The normalized spacial score (nSPS) is 12.8. The standard InChI is InChI=1S/C10H14BrNO/c1-7(12)5-6-8-9(11)3-2-4-10(8)13/h2-4,7,13H,5-6,12H2,1H3/t7-/m1/s1. The van der Waals surface area contributed by atoms with Crippen molar-refractivity contribution in [1.82, 2.24) is 0 Å².